The second-order valence-corrected chi connectivity index (χ2v) is 4.03. The van der Waals surface area contributed by atoms with E-state index in [-0.39, 0.29) is 11.8 Å². The molecule has 0 saturated carbocycles. The summed E-state index contributed by atoms with van der Waals surface area (Å²) in [6, 6.07) is -0.578. The smallest absolute Gasteiger partial charge is 0.239 e. The lowest BCUT2D eigenvalue weighted by molar-refractivity contribution is -0.129. The molecule has 0 aromatic carbocycles. The lowest BCUT2D eigenvalue weighted by Crippen LogP contribution is -2.44. The lowest BCUT2D eigenvalue weighted by atomic mass is 10.0. The molecule has 0 fully saturated rings. The number of carbonyl (C=O) groups excluding carboxylic acids is 2. The molecule has 0 spiro atoms. The Morgan fingerprint density at radius 1 is 1.27 bits per heavy atom. The molecular formula is C11H22N2O2. The van der Waals surface area contributed by atoms with Gasteiger partial charge in [0.05, 0.1) is 0 Å². The fourth-order valence-electron chi connectivity index (χ4n) is 1.26. The van der Waals surface area contributed by atoms with Gasteiger partial charge in [-0.2, -0.15) is 0 Å². The summed E-state index contributed by atoms with van der Waals surface area (Å²) in [5.74, 6) is -0.625. The largest absolute Gasteiger partial charge is 0.368 e. The zero-order valence-corrected chi connectivity index (χ0v) is 9.88. The van der Waals surface area contributed by atoms with Gasteiger partial charge in [0.1, 0.15) is 6.04 Å². The van der Waals surface area contributed by atoms with Gasteiger partial charge in [0.15, 0.2) is 0 Å². The van der Waals surface area contributed by atoms with Crippen LogP contribution in [-0.4, -0.2) is 17.9 Å². The molecule has 0 saturated heterocycles. The van der Waals surface area contributed by atoms with E-state index in [4.69, 9.17) is 5.73 Å². The van der Waals surface area contributed by atoms with Crippen LogP contribution in [0.1, 0.15) is 46.5 Å². The topological polar surface area (TPSA) is 72.2 Å². The van der Waals surface area contributed by atoms with Crippen LogP contribution in [0.15, 0.2) is 0 Å². The number of unbranched alkanes of at least 4 members (excludes halogenated alkanes) is 2. The first-order chi connectivity index (χ1) is 6.99. The number of rotatable bonds is 7. The molecule has 0 rings (SSSR count). The Kier molecular flexibility index (Phi) is 6.75. The molecule has 15 heavy (non-hydrogen) atoms. The highest BCUT2D eigenvalue weighted by Crippen LogP contribution is 2.09. The van der Waals surface area contributed by atoms with E-state index in [0.29, 0.717) is 0 Å². The molecular weight excluding hydrogens is 192 g/mol. The number of nitrogens with two attached hydrogens (primary N) is 1. The number of carbonyl (C=O) groups is 2. The van der Waals surface area contributed by atoms with Crippen molar-refractivity contribution in [1.82, 2.24) is 5.32 Å². The van der Waals surface area contributed by atoms with E-state index >= 15 is 0 Å². The van der Waals surface area contributed by atoms with Crippen LogP contribution in [0, 0.1) is 5.92 Å². The number of primary amides is 1. The van der Waals surface area contributed by atoms with E-state index in [1.54, 1.807) is 6.92 Å². The van der Waals surface area contributed by atoms with Gasteiger partial charge in [-0.05, 0) is 13.3 Å². The predicted molar refractivity (Wildman–Crippen MR) is 60.1 cm³/mol. The van der Waals surface area contributed by atoms with Gasteiger partial charge in [-0.1, -0.05) is 33.1 Å². The van der Waals surface area contributed by atoms with Crippen molar-refractivity contribution in [3.8, 4) is 0 Å². The van der Waals surface area contributed by atoms with Crippen molar-refractivity contribution in [2.24, 2.45) is 11.7 Å². The zero-order chi connectivity index (χ0) is 11.8. The Morgan fingerprint density at radius 3 is 2.33 bits per heavy atom. The fraction of sp³-hybridized carbons (Fsp3) is 0.818. The van der Waals surface area contributed by atoms with E-state index in [0.717, 1.165) is 25.7 Å². The molecule has 0 bridgehead atoms. The van der Waals surface area contributed by atoms with E-state index in [1.165, 1.54) is 0 Å². The molecule has 0 aliphatic heterocycles. The van der Waals surface area contributed by atoms with Gasteiger partial charge in [0.25, 0.3) is 0 Å². The van der Waals surface area contributed by atoms with Crippen LogP contribution in [0.2, 0.25) is 0 Å². The van der Waals surface area contributed by atoms with Gasteiger partial charge in [-0.15, -0.1) is 0 Å². The van der Waals surface area contributed by atoms with Crippen molar-refractivity contribution in [3.05, 3.63) is 0 Å². The highest BCUT2D eigenvalue weighted by Gasteiger charge is 2.17. The third-order valence-electron chi connectivity index (χ3n) is 2.47. The minimum atomic E-state index is -0.578. The predicted octanol–water partition coefficient (Wildman–Crippen LogP) is 1.19. The summed E-state index contributed by atoms with van der Waals surface area (Å²) in [6.45, 7) is 5.59. The lowest BCUT2D eigenvalue weighted by Gasteiger charge is -2.14. The van der Waals surface area contributed by atoms with Gasteiger partial charge in [-0.3, -0.25) is 9.59 Å². The average Bonchev–Trinajstić information content (AvgIpc) is 2.17. The maximum atomic E-state index is 11.5. The van der Waals surface area contributed by atoms with Gasteiger partial charge in [0.2, 0.25) is 11.8 Å². The minimum absolute atomic E-state index is 0.0432. The van der Waals surface area contributed by atoms with Crippen molar-refractivity contribution in [2.75, 3.05) is 0 Å². The number of hydrogen-bond donors (Lipinski definition) is 2. The molecule has 0 unspecified atom stereocenters. The Bertz CT molecular complexity index is 217. The summed E-state index contributed by atoms with van der Waals surface area (Å²) >= 11 is 0. The summed E-state index contributed by atoms with van der Waals surface area (Å²) in [4.78, 5) is 22.3. The van der Waals surface area contributed by atoms with Crippen LogP contribution in [0.25, 0.3) is 0 Å². The number of amides is 2. The monoisotopic (exact) mass is 214 g/mol. The third-order valence-corrected chi connectivity index (χ3v) is 2.47. The SMILES string of the molecule is CCCCC[C@H](C)C(=O)N[C@@H](C)C(N)=O. The van der Waals surface area contributed by atoms with Gasteiger partial charge < -0.3 is 11.1 Å². The van der Waals surface area contributed by atoms with E-state index in [2.05, 4.69) is 12.2 Å². The Hall–Kier alpha value is -1.06. The fourth-order valence-corrected chi connectivity index (χ4v) is 1.26. The summed E-state index contributed by atoms with van der Waals surface area (Å²) in [6.07, 6.45) is 4.20. The van der Waals surface area contributed by atoms with E-state index < -0.39 is 11.9 Å². The minimum Gasteiger partial charge on any atom is -0.368 e. The molecule has 2 atom stereocenters. The molecule has 0 aliphatic carbocycles. The van der Waals surface area contributed by atoms with Crippen LogP contribution in [0.5, 0.6) is 0 Å². The molecule has 0 aromatic rings. The van der Waals surface area contributed by atoms with Crippen molar-refractivity contribution in [2.45, 2.75) is 52.5 Å². The molecule has 0 heterocycles. The summed E-state index contributed by atoms with van der Waals surface area (Å²) in [7, 11) is 0. The van der Waals surface area contributed by atoms with Crippen LogP contribution < -0.4 is 11.1 Å². The maximum absolute atomic E-state index is 11.5. The first-order valence-electron chi connectivity index (χ1n) is 5.58. The Morgan fingerprint density at radius 2 is 1.87 bits per heavy atom. The van der Waals surface area contributed by atoms with Crippen molar-refractivity contribution < 1.29 is 9.59 Å². The number of nitrogens with one attached hydrogen (secondary N) is 1. The molecule has 3 N–H and O–H groups in total. The van der Waals surface area contributed by atoms with Gasteiger partial charge in [0, 0.05) is 5.92 Å². The second kappa shape index (κ2) is 7.26. The Labute approximate surface area is 91.6 Å². The third kappa shape index (κ3) is 6.10. The Balaban J connectivity index is 3.83. The molecule has 88 valence electrons. The number of hydrogen-bond acceptors (Lipinski definition) is 2. The summed E-state index contributed by atoms with van der Waals surface area (Å²) < 4.78 is 0. The van der Waals surface area contributed by atoms with Crippen LogP contribution in [0.4, 0.5) is 0 Å². The molecule has 0 aliphatic rings. The first-order valence-corrected chi connectivity index (χ1v) is 5.58. The van der Waals surface area contributed by atoms with Gasteiger partial charge in [-0.25, -0.2) is 0 Å². The van der Waals surface area contributed by atoms with Gasteiger partial charge >= 0.3 is 0 Å². The molecule has 0 aromatic heterocycles. The molecule has 0 radical (unpaired) electrons. The maximum Gasteiger partial charge on any atom is 0.239 e. The average molecular weight is 214 g/mol. The van der Waals surface area contributed by atoms with Crippen molar-refractivity contribution in [3.63, 3.8) is 0 Å². The van der Waals surface area contributed by atoms with E-state index in [9.17, 15) is 9.59 Å². The van der Waals surface area contributed by atoms with Crippen molar-refractivity contribution in [1.29, 1.82) is 0 Å². The van der Waals surface area contributed by atoms with E-state index in [1.807, 2.05) is 6.92 Å². The zero-order valence-electron chi connectivity index (χ0n) is 9.88. The molecule has 4 heteroatoms. The quantitative estimate of drug-likeness (QED) is 0.625. The second-order valence-electron chi connectivity index (χ2n) is 4.03. The van der Waals surface area contributed by atoms with Crippen LogP contribution >= 0.6 is 0 Å². The molecule has 4 nitrogen and oxygen atoms in total. The normalized spacial score (nSPS) is 14.3. The highest BCUT2D eigenvalue weighted by atomic mass is 16.2. The molecule has 2 amide bonds. The van der Waals surface area contributed by atoms with Crippen LogP contribution in [-0.2, 0) is 9.59 Å². The van der Waals surface area contributed by atoms with Crippen molar-refractivity contribution >= 4 is 11.8 Å². The summed E-state index contributed by atoms with van der Waals surface area (Å²) in [5.41, 5.74) is 5.05. The highest BCUT2D eigenvalue weighted by molar-refractivity contribution is 5.86. The summed E-state index contributed by atoms with van der Waals surface area (Å²) in [5, 5.41) is 2.59. The first kappa shape index (κ1) is 13.9. The van der Waals surface area contributed by atoms with Crippen LogP contribution in [0.3, 0.4) is 0 Å². The standard InChI is InChI=1S/C11H22N2O2/c1-4-5-6-7-8(2)11(15)13-9(3)10(12)14/h8-9H,4-7H2,1-3H3,(H2,12,14)(H,13,15)/t8-,9-/m0/s1.